The van der Waals surface area contributed by atoms with Crippen molar-refractivity contribution in [2.24, 2.45) is 5.92 Å². The molecule has 1 fully saturated rings. The van der Waals surface area contributed by atoms with Crippen molar-refractivity contribution >= 4 is 29.0 Å². The summed E-state index contributed by atoms with van der Waals surface area (Å²) in [6, 6.07) is 11.4. The summed E-state index contributed by atoms with van der Waals surface area (Å²) in [5, 5.41) is 6.59. The van der Waals surface area contributed by atoms with Gasteiger partial charge in [0.25, 0.3) is 5.91 Å². The van der Waals surface area contributed by atoms with E-state index in [2.05, 4.69) is 10.5 Å². The summed E-state index contributed by atoms with van der Waals surface area (Å²) in [6.45, 7) is 3.97. The average molecular weight is 454 g/mol. The zero-order chi connectivity index (χ0) is 22.1. The highest BCUT2D eigenvalue weighted by molar-refractivity contribution is 7.17. The lowest BCUT2D eigenvalue weighted by Crippen LogP contribution is -2.41. The van der Waals surface area contributed by atoms with Crippen LogP contribution in [0.25, 0.3) is 10.4 Å². The summed E-state index contributed by atoms with van der Waals surface area (Å²) in [4.78, 5) is 29.0. The van der Waals surface area contributed by atoms with Gasteiger partial charge in [0, 0.05) is 30.0 Å². The molecule has 0 aliphatic carbocycles. The Morgan fingerprint density at radius 3 is 2.59 bits per heavy atom. The van der Waals surface area contributed by atoms with Crippen LogP contribution in [0.2, 0.25) is 0 Å². The van der Waals surface area contributed by atoms with E-state index in [4.69, 9.17) is 14.0 Å². The number of thiophene rings is 1. The second-order valence-corrected chi connectivity index (χ2v) is 8.98. The molecular weight excluding hydrogens is 430 g/mol. The lowest BCUT2D eigenvalue weighted by molar-refractivity contribution is -0.121. The summed E-state index contributed by atoms with van der Waals surface area (Å²) in [6.07, 6.45) is 1.24. The van der Waals surface area contributed by atoms with Crippen LogP contribution in [0.3, 0.4) is 0 Å². The number of carbonyl (C=O) groups excluding carboxylic acids is 2. The van der Waals surface area contributed by atoms with Crippen molar-refractivity contribution in [3.8, 4) is 21.9 Å². The monoisotopic (exact) mass is 453 g/mol. The molecule has 32 heavy (non-hydrogen) atoms. The van der Waals surface area contributed by atoms with E-state index in [0.29, 0.717) is 55.6 Å². The number of likely N-dealkylation sites (tertiary alicyclic amines) is 1. The van der Waals surface area contributed by atoms with Crippen molar-refractivity contribution < 1.29 is 23.6 Å². The summed E-state index contributed by atoms with van der Waals surface area (Å²) in [5.41, 5.74) is 0.997. The molecule has 1 aromatic carbocycles. The molecule has 5 rings (SSSR count). The molecule has 2 aliphatic heterocycles. The fourth-order valence-corrected chi connectivity index (χ4v) is 4.93. The number of nitrogens with one attached hydrogen (secondary N) is 1. The zero-order valence-corrected chi connectivity index (χ0v) is 18.4. The van der Waals surface area contributed by atoms with Crippen LogP contribution in [-0.2, 0) is 4.79 Å². The van der Waals surface area contributed by atoms with Gasteiger partial charge in [-0.25, -0.2) is 0 Å². The Balaban J connectivity index is 1.20. The number of hydrogen-bond donors (Lipinski definition) is 1. The molecular formula is C23H23N3O5S. The summed E-state index contributed by atoms with van der Waals surface area (Å²) in [5.74, 6) is 2.33. The van der Waals surface area contributed by atoms with Gasteiger partial charge in [-0.05, 0) is 55.7 Å². The van der Waals surface area contributed by atoms with Crippen LogP contribution in [0.5, 0.6) is 11.5 Å². The molecule has 0 radical (unpaired) electrons. The van der Waals surface area contributed by atoms with E-state index >= 15 is 0 Å². The van der Waals surface area contributed by atoms with Crippen LogP contribution in [0, 0.1) is 12.8 Å². The highest BCUT2D eigenvalue weighted by Gasteiger charge is 2.29. The van der Waals surface area contributed by atoms with E-state index in [1.165, 1.54) is 11.3 Å². The minimum absolute atomic E-state index is 0.00442. The Hall–Kier alpha value is -3.33. The first-order chi connectivity index (χ1) is 15.6. The van der Waals surface area contributed by atoms with E-state index in [-0.39, 0.29) is 17.7 Å². The van der Waals surface area contributed by atoms with E-state index in [0.717, 1.165) is 21.9 Å². The highest BCUT2D eigenvalue weighted by Crippen LogP contribution is 2.37. The van der Waals surface area contributed by atoms with Gasteiger partial charge in [-0.2, -0.15) is 0 Å². The number of amides is 2. The molecule has 166 valence electrons. The Bertz CT molecular complexity index is 1150. The number of rotatable bonds is 4. The standard InChI is InChI=1S/C23H23N3O5S/c1-14-12-21(25-31-14)24-22(27)15-6-8-26(9-7-15)23(28)20-5-4-19(32-20)16-2-3-17-18(13-16)30-11-10-29-17/h2-5,12-13,15H,6-11H2,1H3,(H,24,25,27). The number of fused-ring (bicyclic) bond motifs is 1. The molecule has 0 saturated carbocycles. The normalized spacial score (nSPS) is 16.1. The molecule has 0 unspecified atom stereocenters. The van der Waals surface area contributed by atoms with Crippen molar-refractivity contribution in [3.05, 3.63) is 47.0 Å². The number of piperidine rings is 1. The average Bonchev–Trinajstić information content (AvgIpc) is 3.47. The van der Waals surface area contributed by atoms with Crippen molar-refractivity contribution in [2.45, 2.75) is 19.8 Å². The van der Waals surface area contributed by atoms with Gasteiger partial charge in [-0.15, -0.1) is 11.3 Å². The van der Waals surface area contributed by atoms with Gasteiger partial charge >= 0.3 is 0 Å². The van der Waals surface area contributed by atoms with Crippen molar-refractivity contribution in [3.63, 3.8) is 0 Å². The molecule has 0 spiro atoms. The van der Waals surface area contributed by atoms with Gasteiger partial charge in [0.15, 0.2) is 17.3 Å². The van der Waals surface area contributed by atoms with Gasteiger partial charge in [0.2, 0.25) is 5.91 Å². The summed E-state index contributed by atoms with van der Waals surface area (Å²) < 4.78 is 16.2. The van der Waals surface area contributed by atoms with Crippen LogP contribution in [0.4, 0.5) is 5.82 Å². The lowest BCUT2D eigenvalue weighted by Gasteiger charge is -2.30. The Kier molecular flexibility index (Phi) is 5.57. The number of benzene rings is 1. The van der Waals surface area contributed by atoms with E-state index in [9.17, 15) is 9.59 Å². The van der Waals surface area contributed by atoms with E-state index in [1.54, 1.807) is 13.0 Å². The molecule has 1 N–H and O–H groups in total. The molecule has 0 atom stereocenters. The van der Waals surface area contributed by atoms with Crippen LogP contribution in [-0.4, -0.2) is 48.2 Å². The maximum atomic E-state index is 13.0. The maximum Gasteiger partial charge on any atom is 0.263 e. The zero-order valence-electron chi connectivity index (χ0n) is 17.6. The summed E-state index contributed by atoms with van der Waals surface area (Å²) >= 11 is 1.46. The number of anilines is 1. The van der Waals surface area contributed by atoms with Gasteiger partial charge in [-0.1, -0.05) is 5.16 Å². The Morgan fingerprint density at radius 2 is 1.84 bits per heavy atom. The van der Waals surface area contributed by atoms with Gasteiger partial charge in [0.05, 0.1) is 4.88 Å². The smallest absolute Gasteiger partial charge is 0.263 e. The molecule has 2 aliphatic rings. The fraction of sp³-hybridized carbons (Fsp3) is 0.348. The van der Waals surface area contributed by atoms with Crippen LogP contribution < -0.4 is 14.8 Å². The maximum absolute atomic E-state index is 13.0. The minimum Gasteiger partial charge on any atom is -0.486 e. The molecule has 1 saturated heterocycles. The number of aryl methyl sites for hydroxylation is 1. The van der Waals surface area contributed by atoms with Gasteiger partial charge < -0.3 is 24.2 Å². The second kappa shape index (κ2) is 8.66. The third-order valence-corrected chi connectivity index (χ3v) is 6.80. The van der Waals surface area contributed by atoms with E-state index < -0.39 is 0 Å². The fourth-order valence-electron chi connectivity index (χ4n) is 3.96. The molecule has 3 aromatic rings. The number of hydrogen-bond acceptors (Lipinski definition) is 7. The molecule has 2 amide bonds. The van der Waals surface area contributed by atoms with E-state index in [1.807, 2.05) is 35.2 Å². The number of ether oxygens (including phenoxy) is 2. The summed E-state index contributed by atoms with van der Waals surface area (Å²) in [7, 11) is 0. The second-order valence-electron chi connectivity index (χ2n) is 7.90. The lowest BCUT2D eigenvalue weighted by atomic mass is 9.96. The van der Waals surface area contributed by atoms with Crippen LogP contribution >= 0.6 is 11.3 Å². The molecule has 2 aromatic heterocycles. The number of carbonyl (C=O) groups is 2. The first-order valence-corrected chi connectivity index (χ1v) is 11.4. The first kappa shape index (κ1) is 20.6. The predicted molar refractivity (Wildman–Crippen MR) is 119 cm³/mol. The minimum atomic E-state index is -0.146. The molecule has 0 bridgehead atoms. The predicted octanol–water partition coefficient (Wildman–Crippen LogP) is 3.97. The largest absolute Gasteiger partial charge is 0.486 e. The third-order valence-electron chi connectivity index (χ3n) is 5.68. The van der Waals surface area contributed by atoms with Crippen molar-refractivity contribution in [1.82, 2.24) is 10.1 Å². The Labute approximate surface area is 189 Å². The van der Waals surface area contributed by atoms with Crippen LogP contribution in [0.15, 0.2) is 40.9 Å². The van der Waals surface area contributed by atoms with Gasteiger partial charge in [0.1, 0.15) is 19.0 Å². The SMILES string of the molecule is Cc1cc(NC(=O)C2CCN(C(=O)c3ccc(-c4ccc5c(c4)OCCO5)s3)CC2)no1. The topological polar surface area (TPSA) is 93.9 Å². The molecule has 8 nitrogen and oxygen atoms in total. The first-order valence-electron chi connectivity index (χ1n) is 10.6. The number of aromatic nitrogens is 1. The van der Waals surface area contributed by atoms with Crippen molar-refractivity contribution in [2.75, 3.05) is 31.6 Å². The molecule has 4 heterocycles. The quantitative estimate of drug-likeness (QED) is 0.642. The van der Waals surface area contributed by atoms with Crippen molar-refractivity contribution in [1.29, 1.82) is 0 Å². The third kappa shape index (κ3) is 4.20. The van der Waals surface area contributed by atoms with Gasteiger partial charge in [-0.3, -0.25) is 9.59 Å². The van der Waals surface area contributed by atoms with Crippen LogP contribution in [0.1, 0.15) is 28.3 Å². The highest BCUT2D eigenvalue weighted by atomic mass is 32.1. The Morgan fingerprint density at radius 1 is 1.06 bits per heavy atom. The molecule has 9 heteroatoms. The number of nitrogens with zero attached hydrogens (tertiary/aromatic N) is 2.